The molecule has 0 atom stereocenters. The first-order chi connectivity index (χ1) is 15.6. The fourth-order valence-corrected chi connectivity index (χ4v) is 3.69. The van der Waals surface area contributed by atoms with Crippen LogP contribution in [0.25, 0.3) is 28.2 Å². The highest BCUT2D eigenvalue weighted by atomic mass is 79.9. The topological polar surface area (TPSA) is 80.9 Å². The number of anilines is 1. The van der Waals surface area contributed by atoms with Crippen LogP contribution in [-0.2, 0) is 0 Å². The number of hydrogen-bond donors (Lipinski definition) is 1. The summed E-state index contributed by atoms with van der Waals surface area (Å²) in [6.45, 7) is 2.03. The van der Waals surface area contributed by atoms with Crippen LogP contribution in [-0.4, -0.2) is 14.6 Å². The van der Waals surface area contributed by atoms with E-state index in [1.807, 2.05) is 91.9 Å². The van der Waals surface area contributed by atoms with Gasteiger partial charge in [0, 0.05) is 15.6 Å². The first kappa shape index (κ1) is 20.1. The number of fused-ring (bicyclic) bond motifs is 1. The van der Waals surface area contributed by atoms with Crippen LogP contribution < -0.4 is 5.73 Å². The van der Waals surface area contributed by atoms with E-state index < -0.39 is 0 Å². The van der Waals surface area contributed by atoms with E-state index in [4.69, 9.17) is 10.7 Å². The summed E-state index contributed by atoms with van der Waals surface area (Å²) in [7, 11) is 0. The molecule has 0 spiro atoms. The predicted octanol–water partition coefficient (Wildman–Crippen LogP) is 7.13. The lowest BCUT2D eigenvalue weighted by Crippen LogP contribution is -1.98. The zero-order valence-corrected chi connectivity index (χ0v) is 18.9. The molecule has 2 N–H and O–H groups in total. The Labute approximate surface area is 193 Å². The van der Waals surface area contributed by atoms with Gasteiger partial charge in [-0.05, 0) is 37.3 Å². The van der Waals surface area contributed by atoms with E-state index in [1.54, 1.807) is 4.52 Å². The highest BCUT2D eigenvalue weighted by Gasteiger charge is 2.17. The average Bonchev–Trinajstić information content (AvgIpc) is 3.14. The van der Waals surface area contributed by atoms with Crippen molar-refractivity contribution < 1.29 is 0 Å². The van der Waals surface area contributed by atoms with E-state index in [0.29, 0.717) is 11.3 Å². The fraction of sp³-hybridized carbons (Fsp3) is 0.0400. The number of nitrogens with zero attached hydrogens (tertiary/aromatic N) is 5. The van der Waals surface area contributed by atoms with E-state index in [-0.39, 0.29) is 5.82 Å². The Morgan fingerprint density at radius 1 is 0.844 bits per heavy atom. The summed E-state index contributed by atoms with van der Waals surface area (Å²) >= 11 is 3.49. The van der Waals surface area contributed by atoms with Gasteiger partial charge in [-0.2, -0.15) is 5.11 Å². The maximum absolute atomic E-state index is 6.27. The summed E-state index contributed by atoms with van der Waals surface area (Å²) in [5.74, 6) is 0.276. The highest BCUT2D eigenvalue weighted by molar-refractivity contribution is 9.10. The lowest BCUT2D eigenvalue weighted by Gasteiger charge is -2.09. The molecular weight excluding hydrogens is 464 g/mol. The van der Waals surface area contributed by atoms with E-state index in [1.165, 1.54) is 0 Å². The van der Waals surface area contributed by atoms with Crippen LogP contribution in [0.4, 0.5) is 17.2 Å². The molecule has 0 saturated carbocycles. The van der Waals surface area contributed by atoms with Gasteiger partial charge < -0.3 is 5.73 Å². The first-order valence-corrected chi connectivity index (χ1v) is 10.9. The number of aryl methyl sites for hydroxylation is 1. The van der Waals surface area contributed by atoms with Crippen molar-refractivity contribution in [3.8, 4) is 22.5 Å². The van der Waals surface area contributed by atoms with Crippen molar-refractivity contribution >= 4 is 38.8 Å². The molecular formula is C25H19BrN6. The first-order valence-electron chi connectivity index (χ1n) is 10.1. The Morgan fingerprint density at radius 3 is 2.28 bits per heavy atom. The van der Waals surface area contributed by atoms with Gasteiger partial charge in [-0.15, -0.1) is 10.2 Å². The second-order valence-electron chi connectivity index (χ2n) is 7.40. The Hall–Kier alpha value is -3.84. The lowest BCUT2D eigenvalue weighted by molar-refractivity contribution is 0.955. The number of nitrogen functional groups attached to an aromatic ring is 1. The molecule has 2 aromatic heterocycles. The summed E-state index contributed by atoms with van der Waals surface area (Å²) in [5.41, 5.74) is 12.8. The van der Waals surface area contributed by atoms with Crippen molar-refractivity contribution in [1.82, 2.24) is 14.6 Å². The number of hydrogen-bond acceptors (Lipinski definition) is 5. The molecule has 32 heavy (non-hydrogen) atoms. The normalized spacial score (nSPS) is 11.4. The third kappa shape index (κ3) is 3.90. The van der Waals surface area contributed by atoms with Gasteiger partial charge in [0.1, 0.15) is 0 Å². The number of aromatic nitrogens is 3. The largest absolute Gasteiger partial charge is 0.380 e. The molecule has 0 aliphatic carbocycles. The van der Waals surface area contributed by atoms with Gasteiger partial charge in [-0.1, -0.05) is 76.1 Å². The van der Waals surface area contributed by atoms with Crippen LogP contribution in [0, 0.1) is 6.92 Å². The standard InChI is InChI=1S/C25H19BrN6/c1-16-7-13-20(14-8-16)29-30-23-24(27)31-32-22(18-5-3-2-4-6-18)15-21(28-25(23)32)17-9-11-19(26)12-10-17/h2-15H,1H3,(H2,27,31). The second-order valence-corrected chi connectivity index (χ2v) is 8.32. The SMILES string of the molecule is Cc1ccc(N=Nc2c(N)nn3c(-c4ccccc4)cc(-c4ccc(Br)cc4)nc23)cc1. The van der Waals surface area contributed by atoms with Crippen LogP contribution in [0.2, 0.25) is 0 Å². The average molecular weight is 483 g/mol. The van der Waals surface area contributed by atoms with Gasteiger partial charge in [0.25, 0.3) is 0 Å². The number of halogens is 1. The quantitative estimate of drug-likeness (QED) is 0.276. The Balaban J connectivity index is 1.71. The summed E-state index contributed by atoms with van der Waals surface area (Å²) in [6.07, 6.45) is 0. The zero-order valence-electron chi connectivity index (χ0n) is 17.3. The van der Waals surface area contributed by atoms with Crippen LogP contribution in [0.5, 0.6) is 0 Å². The van der Waals surface area contributed by atoms with Crippen molar-refractivity contribution in [2.24, 2.45) is 10.2 Å². The molecule has 0 aliphatic heterocycles. The number of azo groups is 1. The van der Waals surface area contributed by atoms with Crippen LogP contribution >= 0.6 is 15.9 Å². The Bertz CT molecular complexity index is 1420. The van der Waals surface area contributed by atoms with Gasteiger partial charge in [0.15, 0.2) is 17.2 Å². The molecule has 7 heteroatoms. The molecule has 6 nitrogen and oxygen atoms in total. The molecule has 0 fully saturated rings. The smallest absolute Gasteiger partial charge is 0.186 e. The van der Waals surface area contributed by atoms with Gasteiger partial charge in [0.2, 0.25) is 0 Å². The molecule has 0 saturated heterocycles. The molecule has 5 rings (SSSR count). The summed E-state index contributed by atoms with van der Waals surface area (Å²) in [4.78, 5) is 4.86. The molecule has 156 valence electrons. The summed E-state index contributed by atoms with van der Waals surface area (Å²) in [6, 6.07) is 27.9. The third-order valence-electron chi connectivity index (χ3n) is 5.10. The summed E-state index contributed by atoms with van der Waals surface area (Å²) in [5, 5.41) is 13.3. The minimum Gasteiger partial charge on any atom is -0.380 e. The maximum Gasteiger partial charge on any atom is 0.186 e. The number of nitrogens with two attached hydrogens (primary N) is 1. The second kappa shape index (κ2) is 8.36. The Kier molecular flexibility index (Phi) is 5.25. The Morgan fingerprint density at radius 2 is 1.56 bits per heavy atom. The van der Waals surface area contributed by atoms with Crippen molar-refractivity contribution in [3.63, 3.8) is 0 Å². The molecule has 5 aromatic rings. The number of rotatable bonds is 4. The maximum atomic E-state index is 6.27. The molecule has 0 aliphatic rings. The molecule has 0 unspecified atom stereocenters. The van der Waals surface area contributed by atoms with E-state index in [9.17, 15) is 0 Å². The van der Waals surface area contributed by atoms with Crippen molar-refractivity contribution in [3.05, 3.63) is 95.0 Å². The molecule has 0 radical (unpaired) electrons. The van der Waals surface area contributed by atoms with Gasteiger partial charge in [0.05, 0.1) is 17.1 Å². The molecule has 0 amide bonds. The minimum absolute atomic E-state index is 0.276. The van der Waals surface area contributed by atoms with Crippen molar-refractivity contribution in [2.45, 2.75) is 6.92 Å². The van der Waals surface area contributed by atoms with E-state index in [0.717, 1.165) is 38.2 Å². The fourth-order valence-electron chi connectivity index (χ4n) is 3.42. The summed E-state index contributed by atoms with van der Waals surface area (Å²) < 4.78 is 2.74. The number of benzene rings is 3. The molecule has 2 heterocycles. The van der Waals surface area contributed by atoms with Gasteiger partial charge in [-0.25, -0.2) is 9.50 Å². The predicted molar refractivity (Wildman–Crippen MR) is 131 cm³/mol. The zero-order chi connectivity index (χ0) is 22.1. The lowest BCUT2D eigenvalue weighted by atomic mass is 10.1. The van der Waals surface area contributed by atoms with Crippen LogP contribution in [0.3, 0.4) is 0 Å². The van der Waals surface area contributed by atoms with Gasteiger partial charge in [-0.3, -0.25) is 0 Å². The monoisotopic (exact) mass is 482 g/mol. The van der Waals surface area contributed by atoms with Crippen molar-refractivity contribution in [1.29, 1.82) is 0 Å². The van der Waals surface area contributed by atoms with Crippen LogP contribution in [0.1, 0.15) is 5.56 Å². The third-order valence-corrected chi connectivity index (χ3v) is 5.63. The minimum atomic E-state index is 0.276. The van der Waals surface area contributed by atoms with Crippen LogP contribution in [0.15, 0.2) is 99.6 Å². The molecule has 3 aromatic carbocycles. The van der Waals surface area contributed by atoms with E-state index in [2.05, 4.69) is 31.3 Å². The van der Waals surface area contributed by atoms with Gasteiger partial charge >= 0.3 is 0 Å². The molecule has 0 bridgehead atoms. The van der Waals surface area contributed by atoms with E-state index >= 15 is 0 Å². The van der Waals surface area contributed by atoms with Crippen molar-refractivity contribution in [2.75, 3.05) is 5.73 Å². The highest BCUT2D eigenvalue weighted by Crippen LogP contribution is 2.34.